The first-order chi connectivity index (χ1) is 7.81. The van der Waals surface area contributed by atoms with Crippen LogP contribution in [0.1, 0.15) is 26.7 Å². The molecule has 1 aliphatic carbocycles. The molecule has 1 saturated heterocycles. The van der Waals surface area contributed by atoms with Crippen molar-refractivity contribution in [2.24, 2.45) is 11.3 Å². The maximum absolute atomic E-state index is 11.9. The van der Waals surface area contributed by atoms with Crippen molar-refractivity contribution in [1.82, 2.24) is 0 Å². The first kappa shape index (κ1) is 11.9. The fourth-order valence-corrected chi connectivity index (χ4v) is 2.80. The molecule has 6 nitrogen and oxygen atoms in total. The van der Waals surface area contributed by atoms with Crippen LogP contribution in [0.5, 0.6) is 0 Å². The Morgan fingerprint density at radius 3 is 2.59 bits per heavy atom. The Morgan fingerprint density at radius 2 is 2.18 bits per heavy atom. The average Bonchev–Trinajstić information content (AvgIpc) is 2.59. The SMILES string of the molecule is CC1(C)C2CCC1(C(=O)OCC(=O)[O-])OC2=O. The number of ether oxygens (including phenoxy) is 2. The lowest BCUT2D eigenvalue weighted by atomic mass is 9.75. The summed E-state index contributed by atoms with van der Waals surface area (Å²) < 4.78 is 9.74. The zero-order valence-electron chi connectivity index (χ0n) is 9.65. The Bertz CT molecular complexity index is 399. The molecule has 1 saturated carbocycles. The van der Waals surface area contributed by atoms with Crippen molar-refractivity contribution in [3.8, 4) is 0 Å². The van der Waals surface area contributed by atoms with Gasteiger partial charge in [-0.2, -0.15) is 0 Å². The van der Waals surface area contributed by atoms with Crippen LogP contribution in [0, 0.1) is 11.3 Å². The lowest BCUT2D eigenvalue weighted by molar-refractivity contribution is -0.309. The van der Waals surface area contributed by atoms with Gasteiger partial charge in [-0.05, 0) is 12.8 Å². The zero-order valence-corrected chi connectivity index (χ0v) is 9.65. The van der Waals surface area contributed by atoms with Gasteiger partial charge in [-0.3, -0.25) is 4.79 Å². The second kappa shape index (κ2) is 3.45. The molecule has 0 aromatic heterocycles. The molecule has 0 N–H and O–H groups in total. The second-order valence-electron chi connectivity index (χ2n) is 5.01. The molecule has 2 atom stereocenters. The maximum Gasteiger partial charge on any atom is 0.351 e. The Morgan fingerprint density at radius 1 is 1.53 bits per heavy atom. The van der Waals surface area contributed by atoms with E-state index in [-0.39, 0.29) is 5.92 Å². The quantitative estimate of drug-likeness (QED) is 0.589. The number of hydrogen-bond donors (Lipinski definition) is 0. The van der Waals surface area contributed by atoms with Crippen molar-refractivity contribution in [1.29, 1.82) is 0 Å². The third-order valence-corrected chi connectivity index (χ3v) is 3.91. The first-order valence-corrected chi connectivity index (χ1v) is 5.41. The summed E-state index contributed by atoms with van der Waals surface area (Å²) in [7, 11) is 0. The summed E-state index contributed by atoms with van der Waals surface area (Å²) in [6.45, 7) is 2.70. The molecule has 17 heavy (non-hydrogen) atoms. The molecule has 0 spiro atoms. The molecule has 2 fully saturated rings. The molecule has 94 valence electrons. The van der Waals surface area contributed by atoms with E-state index in [4.69, 9.17) is 4.74 Å². The minimum atomic E-state index is -1.48. The molecule has 0 aromatic carbocycles. The normalized spacial score (nSPS) is 33.3. The lowest BCUT2D eigenvalue weighted by Crippen LogP contribution is -2.49. The molecule has 1 aliphatic heterocycles. The molecular weight excluding hydrogens is 228 g/mol. The van der Waals surface area contributed by atoms with Crippen molar-refractivity contribution in [3.05, 3.63) is 0 Å². The van der Waals surface area contributed by atoms with Gasteiger partial charge in [0.15, 0.2) is 0 Å². The van der Waals surface area contributed by atoms with Gasteiger partial charge in [-0.1, -0.05) is 13.8 Å². The molecule has 0 aromatic rings. The Kier molecular flexibility index (Phi) is 2.41. The van der Waals surface area contributed by atoms with E-state index in [1.54, 1.807) is 13.8 Å². The number of carboxylic acid groups (broad SMARTS) is 1. The van der Waals surface area contributed by atoms with E-state index in [2.05, 4.69) is 4.74 Å². The number of esters is 2. The number of carbonyl (C=O) groups is 3. The number of rotatable bonds is 3. The molecular formula is C11H13O6-. The highest BCUT2D eigenvalue weighted by Crippen LogP contribution is 2.58. The minimum Gasteiger partial charge on any atom is -0.546 e. The third kappa shape index (κ3) is 1.43. The van der Waals surface area contributed by atoms with Crippen LogP contribution in [-0.4, -0.2) is 30.1 Å². The van der Waals surface area contributed by atoms with Crippen LogP contribution >= 0.6 is 0 Å². The van der Waals surface area contributed by atoms with Crippen LogP contribution in [0.4, 0.5) is 0 Å². The summed E-state index contributed by atoms with van der Waals surface area (Å²) in [6.07, 6.45) is 0.939. The van der Waals surface area contributed by atoms with Gasteiger partial charge in [0.1, 0.15) is 6.61 Å². The van der Waals surface area contributed by atoms with Crippen molar-refractivity contribution in [2.75, 3.05) is 6.61 Å². The number of hydrogen-bond acceptors (Lipinski definition) is 6. The monoisotopic (exact) mass is 241 g/mol. The van der Waals surface area contributed by atoms with E-state index < -0.39 is 35.5 Å². The van der Waals surface area contributed by atoms with Crippen molar-refractivity contribution in [3.63, 3.8) is 0 Å². The molecule has 1 heterocycles. The largest absolute Gasteiger partial charge is 0.546 e. The van der Waals surface area contributed by atoms with E-state index in [0.717, 1.165) is 0 Å². The standard InChI is InChI=1S/C11H14O6/c1-10(2)6-3-4-11(10,17-8(6)14)9(15)16-5-7(12)13/h6H,3-5H2,1-2H3,(H,12,13)/p-1. The fraction of sp³-hybridized carbons (Fsp3) is 0.727. The topological polar surface area (TPSA) is 92.7 Å². The summed E-state index contributed by atoms with van der Waals surface area (Å²) in [6, 6.07) is 0. The summed E-state index contributed by atoms with van der Waals surface area (Å²) in [5, 5.41) is 10.3. The third-order valence-electron chi connectivity index (χ3n) is 3.91. The molecule has 2 rings (SSSR count). The molecule has 2 aliphatic rings. The minimum absolute atomic E-state index is 0.321. The van der Waals surface area contributed by atoms with E-state index in [0.29, 0.717) is 12.8 Å². The Balaban J connectivity index is 2.21. The average molecular weight is 241 g/mol. The smallest absolute Gasteiger partial charge is 0.351 e. The van der Waals surface area contributed by atoms with E-state index in [9.17, 15) is 19.5 Å². The van der Waals surface area contributed by atoms with Gasteiger partial charge < -0.3 is 19.4 Å². The Hall–Kier alpha value is -1.59. The van der Waals surface area contributed by atoms with Gasteiger partial charge in [-0.25, -0.2) is 4.79 Å². The first-order valence-electron chi connectivity index (χ1n) is 5.41. The van der Waals surface area contributed by atoms with E-state index in [1.807, 2.05) is 0 Å². The van der Waals surface area contributed by atoms with Gasteiger partial charge in [0, 0.05) is 5.41 Å². The highest BCUT2D eigenvalue weighted by molar-refractivity contribution is 5.92. The van der Waals surface area contributed by atoms with Crippen LogP contribution in [0.15, 0.2) is 0 Å². The number of carbonyl (C=O) groups excluding carboxylic acids is 3. The summed E-state index contributed by atoms with van der Waals surface area (Å²) in [5.74, 6) is -3.00. The van der Waals surface area contributed by atoms with Gasteiger partial charge in [0.25, 0.3) is 0 Å². The van der Waals surface area contributed by atoms with Crippen molar-refractivity contribution in [2.45, 2.75) is 32.3 Å². The highest BCUT2D eigenvalue weighted by atomic mass is 16.6. The summed E-state index contributed by atoms with van der Waals surface area (Å²) in [4.78, 5) is 33.7. The van der Waals surface area contributed by atoms with Crippen LogP contribution in [0.25, 0.3) is 0 Å². The van der Waals surface area contributed by atoms with Gasteiger partial charge >= 0.3 is 11.9 Å². The van der Waals surface area contributed by atoms with Gasteiger partial charge in [0.05, 0.1) is 11.9 Å². The summed E-state index contributed by atoms with van der Waals surface area (Å²) >= 11 is 0. The Labute approximate surface area is 97.9 Å². The maximum atomic E-state index is 11.9. The van der Waals surface area contributed by atoms with Crippen molar-refractivity contribution >= 4 is 17.9 Å². The summed E-state index contributed by atoms with van der Waals surface area (Å²) in [5.41, 5.74) is -1.99. The van der Waals surface area contributed by atoms with Gasteiger partial charge in [0.2, 0.25) is 5.60 Å². The highest BCUT2D eigenvalue weighted by Gasteiger charge is 2.70. The van der Waals surface area contributed by atoms with E-state index in [1.165, 1.54) is 0 Å². The fourth-order valence-electron chi connectivity index (χ4n) is 2.80. The van der Waals surface area contributed by atoms with Crippen LogP contribution in [0.3, 0.4) is 0 Å². The number of carboxylic acids is 1. The lowest BCUT2D eigenvalue weighted by Gasteiger charge is -2.32. The molecule has 0 radical (unpaired) electrons. The molecule has 6 heteroatoms. The van der Waals surface area contributed by atoms with E-state index >= 15 is 0 Å². The number of aliphatic carboxylic acids is 1. The van der Waals surface area contributed by atoms with Crippen LogP contribution in [0.2, 0.25) is 0 Å². The molecule has 2 bridgehead atoms. The zero-order chi connectivity index (χ0) is 12.8. The molecule has 2 unspecified atom stereocenters. The van der Waals surface area contributed by atoms with Crippen LogP contribution < -0.4 is 5.11 Å². The predicted octanol–water partition coefficient (Wildman–Crippen LogP) is -0.989. The molecule has 0 amide bonds. The predicted molar refractivity (Wildman–Crippen MR) is 51.3 cm³/mol. The van der Waals surface area contributed by atoms with Crippen molar-refractivity contribution < 1.29 is 29.0 Å². The number of fused-ring (bicyclic) bond motifs is 2. The van der Waals surface area contributed by atoms with Crippen LogP contribution in [-0.2, 0) is 23.9 Å². The van der Waals surface area contributed by atoms with Gasteiger partial charge in [-0.15, -0.1) is 0 Å². The second-order valence-corrected chi connectivity index (χ2v) is 5.01.